The predicted molar refractivity (Wildman–Crippen MR) is 120 cm³/mol. The summed E-state index contributed by atoms with van der Waals surface area (Å²) in [5.41, 5.74) is 6.93. The molecular formula is C27H36O. The maximum atomic E-state index is 9.77. The molecule has 1 N–H and O–H groups in total. The zero-order valence-electron chi connectivity index (χ0n) is 18.2. The molecule has 4 rings (SSSR count). The molecule has 2 bridgehead atoms. The second-order valence-corrected chi connectivity index (χ2v) is 8.76. The van der Waals surface area contributed by atoms with Gasteiger partial charge in [-0.3, -0.25) is 0 Å². The summed E-state index contributed by atoms with van der Waals surface area (Å²) in [5, 5.41) is 9.77. The molecule has 2 aromatic rings. The lowest BCUT2D eigenvalue weighted by atomic mass is 9.61. The zero-order chi connectivity index (χ0) is 20.3. The Morgan fingerprint density at radius 1 is 0.786 bits per heavy atom. The SMILES string of the molecule is CC.Cc1ccc(/C(=C2/C(C)CC3CC(C)CC2C3)c2ccc(O)cc2)cc1. The number of aryl methyl sites for hydroxylation is 1. The normalized spacial score (nSPS) is 28.2. The lowest BCUT2D eigenvalue weighted by Gasteiger charge is -2.44. The van der Waals surface area contributed by atoms with Crippen LogP contribution in [0.5, 0.6) is 5.75 Å². The first-order chi connectivity index (χ1) is 13.5. The highest BCUT2D eigenvalue weighted by Crippen LogP contribution is 2.51. The number of allylic oxidation sites excluding steroid dienone is 1. The van der Waals surface area contributed by atoms with E-state index in [1.165, 1.54) is 47.9 Å². The van der Waals surface area contributed by atoms with Crippen molar-refractivity contribution >= 4 is 5.57 Å². The summed E-state index contributed by atoms with van der Waals surface area (Å²) < 4.78 is 0. The third-order valence-electron chi connectivity index (χ3n) is 6.48. The first kappa shape index (κ1) is 20.7. The van der Waals surface area contributed by atoms with Gasteiger partial charge >= 0.3 is 0 Å². The monoisotopic (exact) mass is 376 g/mol. The zero-order valence-corrected chi connectivity index (χ0v) is 18.2. The number of rotatable bonds is 2. The Hall–Kier alpha value is -2.02. The molecule has 2 saturated carbocycles. The second-order valence-electron chi connectivity index (χ2n) is 8.76. The number of phenols is 1. The maximum absolute atomic E-state index is 9.77. The first-order valence-corrected chi connectivity index (χ1v) is 11.1. The lowest BCUT2D eigenvalue weighted by molar-refractivity contribution is 0.163. The van der Waals surface area contributed by atoms with Crippen molar-refractivity contribution in [2.75, 3.05) is 0 Å². The number of aromatic hydroxyl groups is 1. The van der Waals surface area contributed by atoms with Gasteiger partial charge in [0.1, 0.15) is 5.75 Å². The van der Waals surface area contributed by atoms with Crippen LogP contribution in [0.1, 0.15) is 70.1 Å². The number of hydrogen-bond acceptors (Lipinski definition) is 1. The van der Waals surface area contributed by atoms with Crippen LogP contribution in [0.3, 0.4) is 0 Å². The predicted octanol–water partition coefficient (Wildman–Crippen LogP) is 7.62. The van der Waals surface area contributed by atoms with Gasteiger partial charge in [0.25, 0.3) is 0 Å². The molecule has 150 valence electrons. The molecule has 1 heteroatoms. The standard InChI is InChI=1S/C25H30O.C2H6/c1-16-4-6-20(7-5-16)25(21-8-10-23(26)11-9-21)24-18(3)14-19-12-17(2)13-22(24)15-19;1-2/h4-11,17-19,22,26H,12-15H2,1-3H3;1-2H3/b25-24+;. The van der Waals surface area contributed by atoms with Gasteiger partial charge in [-0.1, -0.05) is 75.2 Å². The van der Waals surface area contributed by atoms with E-state index in [2.05, 4.69) is 57.2 Å². The van der Waals surface area contributed by atoms with Crippen molar-refractivity contribution in [2.24, 2.45) is 23.7 Å². The maximum Gasteiger partial charge on any atom is 0.115 e. The number of fused-ring (bicyclic) bond motifs is 2. The lowest BCUT2D eigenvalue weighted by Crippen LogP contribution is -2.32. The third-order valence-corrected chi connectivity index (χ3v) is 6.48. The quantitative estimate of drug-likeness (QED) is 0.571. The van der Waals surface area contributed by atoms with Gasteiger partial charge in [-0.2, -0.15) is 0 Å². The molecule has 0 saturated heterocycles. The van der Waals surface area contributed by atoms with E-state index in [-0.39, 0.29) is 0 Å². The summed E-state index contributed by atoms with van der Waals surface area (Å²) >= 11 is 0. The van der Waals surface area contributed by atoms with Crippen LogP contribution in [0.4, 0.5) is 0 Å². The smallest absolute Gasteiger partial charge is 0.115 e. The minimum Gasteiger partial charge on any atom is -0.508 e. The Labute approximate surface area is 171 Å². The topological polar surface area (TPSA) is 20.2 Å². The molecule has 0 aliphatic heterocycles. The Morgan fingerprint density at radius 2 is 1.36 bits per heavy atom. The van der Waals surface area contributed by atoms with E-state index >= 15 is 0 Å². The van der Waals surface area contributed by atoms with Gasteiger partial charge in [0.15, 0.2) is 0 Å². The summed E-state index contributed by atoms with van der Waals surface area (Å²) in [5.74, 6) is 3.42. The number of benzene rings is 2. The highest BCUT2D eigenvalue weighted by Gasteiger charge is 2.38. The third kappa shape index (κ3) is 4.35. The molecule has 0 amide bonds. The van der Waals surface area contributed by atoms with Gasteiger partial charge in [0.05, 0.1) is 0 Å². The fourth-order valence-corrected chi connectivity index (χ4v) is 5.52. The van der Waals surface area contributed by atoms with Crippen LogP contribution in [0.25, 0.3) is 5.57 Å². The van der Waals surface area contributed by atoms with Crippen LogP contribution in [0.15, 0.2) is 54.1 Å². The Morgan fingerprint density at radius 3 is 1.96 bits per heavy atom. The Kier molecular flexibility index (Phi) is 6.65. The van der Waals surface area contributed by atoms with Gasteiger partial charge < -0.3 is 5.11 Å². The minimum atomic E-state index is 0.338. The van der Waals surface area contributed by atoms with Crippen LogP contribution < -0.4 is 0 Å². The van der Waals surface area contributed by atoms with Crippen molar-refractivity contribution < 1.29 is 5.11 Å². The number of hydrogen-bond donors (Lipinski definition) is 1. The van der Waals surface area contributed by atoms with E-state index < -0.39 is 0 Å². The highest BCUT2D eigenvalue weighted by molar-refractivity contribution is 5.83. The van der Waals surface area contributed by atoms with Crippen molar-refractivity contribution in [3.05, 3.63) is 70.8 Å². The van der Waals surface area contributed by atoms with Crippen LogP contribution in [-0.2, 0) is 0 Å². The van der Waals surface area contributed by atoms with Crippen molar-refractivity contribution in [3.8, 4) is 5.75 Å². The van der Waals surface area contributed by atoms with Gasteiger partial charge in [-0.25, -0.2) is 0 Å². The molecule has 2 aliphatic rings. The molecule has 0 aromatic heterocycles. The first-order valence-electron chi connectivity index (χ1n) is 11.1. The summed E-state index contributed by atoms with van der Waals surface area (Å²) in [4.78, 5) is 0. The van der Waals surface area contributed by atoms with Crippen LogP contribution in [0, 0.1) is 30.6 Å². The van der Waals surface area contributed by atoms with Crippen molar-refractivity contribution in [1.29, 1.82) is 0 Å². The molecule has 4 atom stereocenters. The molecule has 4 unspecified atom stereocenters. The molecule has 0 spiro atoms. The van der Waals surface area contributed by atoms with E-state index in [0.717, 1.165) is 11.8 Å². The fraction of sp³-hybridized carbons (Fsp3) is 0.481. The highest BCUT2D eigenvalue weighted by atomic mass is 16.3. The van der Waals surface area contributed by atoms with Gasteiger partial charge in [0, 0.05) is 0 Å². The summed E-state index contributed by atoms with van der Waals surface area (Å²) in [6.45, 7) is 11.0. The van der Waals surface area contributed by atoms with E-state index in [1.54, 1.807) is 5.57 Å². The Balaban J connectivity index is 0.00000109. The van der Waals surface area contributed by atoms with Crippen molar-refractivity contribution in [2.45, 2.75) is 60.3 Å². The van der Waals surface area contributed by atoms with E-state index in [4.69, 9.17) is 0 Å². The summed E-state index contributed by atoms with van der Waals surface area (Å²) in [7, 11) is 0. The molecular weight excluding hydrogens is 340 g/mol. The Bertz CT molecular complexity index is 746. The average Bonchev–Trinajstić information content (AvgIpc) is 2.68. The molecule has 2 fully saturated rings. The van der Waals surface area contributed by atoms with Crippen LogP contribution in [-0.4, -0.2) is 5.11 Å². The molecule has 28 heavy (non-hydrogen) atoms. The van der Waals surface area contributed by atoms with Crippen molar-refractivity contribution in [1.82, 2.24) is 0 Å². The molecule has 0 heterocycles. The number of phenolic OH excluding ortho intramolecular Hbond substituents is 1. The molecule has 1 nitrogen and oxygen atoms in total. The van der Waals surface area contributed by atoms with E-state index in [9.17, 15) is 5.11 Å². The molecule has 2 aromatic carbocycles. The molecule has 2 aliphatic carbocycles. The minimum absolute atomic E-state index is 0.338. The fourth-order valence-electron chi connectivity index (χ4n) is 5.52. The van der Waals surface area contributed by atoms with E-state index in [0.29, 0.717) is 17.6 Å². The van der Waals surface area contributed by atoms with Gasteiger partial charge in [0.2, 0.25) is 0 Å². The summed E-state index contributed by atoms with van der Waals surface area (Å²) in [6, 6.07) is 16.8. The van der Waals surface area contributed by atoms with Gasteiger partial charge in [-0.05, 0) is 85.1 Å². The largest absolute Gasteiger partial charge is 0.508 e. The van der Waals surface area contributed by atoms with Gasteiger partial charge in [-0.15, -0.1) is 0 Å². The summed E-state index contributed by atoms with van der Waals surface area (Å²) in [6.07, 6.45) is 5.41. The second kappa shape index (κ2) is 8.99. The average molecular weight is 377 g/mol. The molecule has 0 radical (unpaired) electrons. The van der Waals surface area contributed by atoms with Crippen LogP contribution in [0.2, 0.25) is 0 Å². The van der Waals surface area contributed by atoms with E-state index in [1.807, 2.05) is 26.0 Å². The van der Waals surface area contributed by atoms with Crippen molar-refractivity contribution in [3.63, 3.8) is 0 Å². The van der Waals surface area contributed by atoms with Crippen LogP contribution >= 0.6 is 0 Å².